The molecule has 0 fully saturated rings. The van der Waals surface area contributed by atoms with Crippen LogP contribution >= 0.6 is 11.8 Å². The second-order valence-electron chi connectivity index (χ2n) is 3.33. The first-order valence-corrected chi connectivity index (χ1v) is 5.48. The van der Waals surface area contributed by atoms with E-state index in [4.69, 9.17) is 4.74 Å². The van der Waals surface area contributed by atoms with E-state index in [0.29, 0.717) is 5.75 Å². The number of carbonyl (C=O) groups excluding carboxylic acids is 2. The lowest BCUT2D eigenvalue weighted by atomic mass is 10.3. The molecule has 0 aromatic heterocycles. The third kappa shape index (κ3) is 3.94. The highest BCUT2D eigenvalue weighted by molar-refractivity contribution is 8.13. The Morgan fingerprint density at radius 2 is 1.75 bits per heavy atom. The normalized spacial score (nSPS) is 9.69. The summed E-state index contributed by atoms with van der Waals surface area (Å²) in [5, 5.41) is -0.0414. The Kier molecular flexibility index (Phi) is 4.37. The molecule has 0 aliphatic carbocycles. The van der Waals surface area contributed by atoms with Gasteiger partial charge in [0.15, 0.2) is 0 Å². The Morgan fingerprint density at radius 1 is 1.19 bits per heavy atom. The number of hydrogen-bond acceptors (Lipinski definition) is 4. The summed E-state index contributed by atoms with van der Waals surface area (Å²) < 4.78 is 4.88. The summed E-state index contributed by atoms with van der Waals surface area (Å²) in [7, 11) is 3.39. The van der Waals surface area contributed by atoms with Gasteiger partial charge in [0.2, 0.25) is 0 Å². The summed E-state index contributed by atoms with van der Waals surface area (Å²) in [4.78, 5) is 24.4. The summed E-state index contributed by atoms with van der Waals surface area (Å²) in [6, 6.07) is 6.80. The molecule has 0 saturated heterocycles. The molecule has 16 heavy (non-hydrogen) atoms. The number of benzene rings is 1. The summed E-state index contributed by atoms with van der Waals surface area (Å²) >= 11 is 1.13. The van der Waals surface area contributed by atoms with Gasteiger partial charge in [0.05, 0.1) is 0 Å². The van der Waals surface area contributed by atoms with Crippen molar-refractivity contribution in [2.75, 3.05) is 14.1 Å². The maximum Gasteiger partial charge on any atom is 0.308 e. The van der Waals surface area contributed by atoms with Crippen LogP contribution < -0.4 is 4.74 Å². The van der Waals surface area contributed by atoms with Crippen LogP contribution in [0.15, 0.2) is 29.2 Å². The lowest BCUT2D eigenvalue weighted by Crippen LogP contribution is -2.15. The first kappa shape index (κ1) is 12.6. The summed E-state index contributed by atoms with van der Waals surface area (Å²) in [6.45, 7) is 1.35. The van der Waals surface area contributed by atoms with Crippen molar-refractivity contribution in [2.24, 2.45) is 0 Å². The fourth-order valence-electron chi connectivity index (χ4n) is 0.934. The summed E-state index contributed by atoms with van der Waals surface area (Å²) in [6.07, 6.45) is 0. The number of hydrogen-bond donors (Lipinski definition) is 0. The molecule has 0 aliphatic heterocycles. The fraction of sp³-hybridized carbons (Fsp3) is 0.273. The Bertz CT molecular complexity index is 387. The van der Waals surface area contributed by atoms with Gasteiger partial charge in [-0.05, 0) is 36.0 Å². The number of thioether (sulfide) groups is 1. The van der Waals surface area contributed by atoms with E-state index in [0.717, 1.165) is 16.7 Å². The summed E-state index contributed by atoms with van der Waals surface area (Å²) in [5.41, 5.74) is 0. The first-order valence-electron chi connectivity index (χ1n) is 4.66. The zero-order valence-corrected chi connectivity index (χ0v) is 10.2. The van der Waals surface area contributed by atoms with E-state index in [1.165, 1.54) is 11.8 Å². The topological polar surface area (TPSA) is 46.6 Å². The molecule has 0 bridgehead atoms. The minimum Gasteiger partial charge on any atom is -0.427 e. The van der Waals surface area contributed by atoms with Gasteiger partial charge in [-0.1, -0.05) is 0 Å². The van der Waals surface area contributed by atoms with Crippen molar-refractivity contribution in [3.63, 3.8) is 0 Å². The van der Waals surface area contributed by atoms with E-state index < -0.39 is 0 Å². The molecule has 0 heterocycles. The van der Waals surface area contributed by atoms with E-state index in [1.54, 1.807) is 38.4 Å². The van der Waals surface area contributed by atoms with Gasteiger partial charge in [-0.25, -0.2) is 0 Å². The zero-order chi connectivity index (χ0) is 12.1. The van der Waals surface area contributed by atoms with Gasteiger partial charge < -0.3 is 9.64 Å². The minimum absolute atomic E-state index is 0.0414. The van der Waals surface area contributed by atoms with Crippen molar-refractivity contribution >= 4 is 23.0 Å². The monoisotopic (exact) mass is 239 g/mol. The van der Waals surface area contributed by atoms with Gasteiger partial charge >= 0.3 is 5.97 Å². The standard InChI is InChI=1S/C11H13NO3S/c1-8(13)15-9-4-6-10(7-5-9)16-11(14)12(2)3/h4-7H,1-3H3. The Labute approximate surface area is 98.6 Å². The number of rotatable bonds is 2. The molecule has 86 valence electrons. The maximum absolute atomic E-state index is 11.4. The molecular formula is C11H13NO3S. The average molecular weight is 239 g/mol. The van der Waals surface area contributed by atoms with Gasteiger partial charge in [-0.15, -0.1) is 0 Å². The molecule has 0 radical (unpaired) electrons. The van der Waals surface area contributed by atoms with Crippen molar-refractivity contribution in [1.29, 1.82) is 0 Å². The number of esters is 1. The van der Waals surface area contributed by atoms with Crippen LogP contribution in [0.2, 0.25) is 0 Å². The van der Waals surface area contributed by atoms with Gasteiger partial charge in [-0.2, -0.15) is 0 Å². The molecule has 0 unspecified atom stereocenters. The predicted octanol–water partition coefficient (Wildman–Crippen LogP) is 2.39. The Balaban J connectivity index is 2.64. The van der Waals surface area contributed by atoms with Crippen LogP contribution in [0.4, 0.5) is 4.79 Å². The van der Waals surface area contributed by atoms with Crippen LogP contribution in [-0.2, 0) is 4.79 Å². The van der Waals surface area contributed by atoms with Crippen LogP contribution in [0.3, 0.4) is 0 Å². The Hall–Kier alpha value is -1.49. The van der Waals surface area contributed by atoms with Crippen LogP contribution in [0.5, 0.6) is 5.75 Å². The van der Waals surface area contributed by atoms with E-state index in [-0.39, 0.29) is 11.2 Å². The number of ether oxygens (including phenoxy) is 1. The second-order valence-corrected chi connectivity index (χ2v) is 4.35. The van der Waals surface area contributed by atoms with Gasteiger partial charge in [0.25, 0.3) is 5.24 Å². The van der Waals surface area contributed by atoms with E-state index in [9.17, 15) is 9.59 Å². The van der Waals surface area contributed by atoms with Crippen molar-refractivity contribution in [3.05, 3.63) is 24.3 Å². The van der Waals surface area contributed by atoms with Crippen molar-refractivity contribution in [2.45, 2.75) is 11.8 Å². The van der Waals surface area contributed by atoms with Crippen LogP contribution in [0.25, 0.3) is 0 Å². The molecule has 0 atom stereocenters. The van der Waals surface area contributed by atoms with Crippen LogP contribution in [0.1, 0.15) is 6.92 Å². The molecule has 1 aromatic rings. The lowest BCUT2D eigenvalue weighted by Gasteiger charge is -2.09. The van der Waals surface area contributed by atoms with Gasteiger partial charge in [0, 0.05) is 25.9 Å². The SMILES string of the molecule is CC(=O)Oc1ccc(SC(=O)N(C)C)cc1. The lowest BCUT2D eigenvalue weighted by molar-refractivity contribution is -0.131. The van der Waals surface area contributed by atoms with Crippen LogP contribution in [0, 0.1) is 0 Å². The highest BCUT2D eigenvalue weighted by Crippen LogP contribution is 2.23. The molecule has 1 rings (SSSR count). The highest BCUT2D eigenvalue weighted by Gasteiger charge is 2.06. The molecule has 0 aliphatic rings. The minimum atomic E-state index is -0.357. The highest BCUT2D eigenvalue weighted by atomic mass is 32.2. The van der Waals surface area contributed by atoms with Crippen molar-refractivity contribution < 1.29 is 14.3 Å². The first-order chi connectivity index (χ1) is 7.49. The number of amides is 1. The average Bonchev–Trinajstić information content (AvgIpc) is 2.20. The van der Waals surface area contributed by atoms with E-state index in [1.807, 2.05) is 0 Å². The predicted molar refractivity (Wildman–Crippen MR) is 62.7 cm³/mol. The molecule has 4 nitrogen and oxygen atoms in total. The molecule has 5 heteroatoms. The van der Waals surface area contributed by atoms with Gasteiger partial charge in [-0.3, -0.25) is 9.59 Å². The third-order valence-electron chi connectivity index (χ3n) is 1.66. The zero-order valence-electron chi connectivity index (χ0n) is 9.39. The number of nitrogens with zero attached hydrogens (tertiary/aromatic N) is 1. The molecule has 0 N–H and O–H groups in total. The summed E-state index contributed by atoms with van der Waals surface area (Å²) in [5.74, 6) is 0.124. The van der Waals surface area contributed by atoms with E-state index >= 15 is 0 Å². The van der Waals surface area contributed by atoms with E-state index in [2.05, 4.69) is 0 Å². The number of carbonyl (C=O) groups is 2. The largest absolute Gasteiger partial charge is 0.427 e. The quantitative estimate of drug-likeness (QED) is 0.451. The maximum atomic E-state index is 11.4. The van der Waals surface area contributed by atoms with Gasteiger partial charge in [0.1, 0.15) is 5.75 Å². The van der Waals surface area contributed by atoms with Crippen LogP contribution in [-0.4, -0.2) is 30.2 Å². The Morgan fingerprint density at radius 3 is 2.19 bits per heavy atom. The molecule has 1 amide bonds. The third-order valence-corrected chi connectivity index (χ3v) is 2.70. The second kappa shape index (κ2) is 5.55. The molecule has 0 spiro atoms. The van der Waals surface area contributed by atoms with Crippen molar-refractivity contribution in [1.82, 2.24) is 4.90 Å². The smallest absolute Gasteiger partial charge is 0.308 e. The molecular weight excluding hydrogens is 226 g/mol. The fourth-order valence-corrected chi connectivity index (χ4v) is 1.59. The van der Waals surface area contributed by atoms with Crippen molar-refractivity contribution in [3.8, 4) is 5.75 Å². The molecule has 0 saturated carbocycles. The molecule has 1 aromatic carbocycles.